The number of nitrogen functional groups attached to an aromatic ring is 1. The Hall–Kier alpha value is -7.23. The first-order valence-corrected chi connectivity index (χ1v) is 19.7. The van der Waals surface area contributed by atoms with Crippen LogP contribution in [0.15, 0.2) is 209 Å². The number of hydrogen-bond donors (Lipinski definition) is 1. The minimum atomic E-state index is -0.335. The summed E-state index contributed by atoms with van der Waals surface area (Å²) in [5.74, 6) is 0.597. The number of aliphatic imine (C=N–C) groups is 1. The van der Waals surface area contributed by atoms with E-state index in [4.69, 9.17) is 15.1 Å². The molecule has 1 heterocycles. The van der Waals surface area contributed by atoms with Crippen molar-refractivity contribution < 1.29 is 4.42 Å². The van der Waals surface area contributed by atoms with Crippen molar-refractivity contribution in [2.75, 3.05) is 5.73 Å². The zero-order valence-electron chi connectivity index (χ0n) is 31.3. The summed E-state index contributed by atoms with van der Waals surface area (Å²) in [5.41, 5.74) is 26.3. The van der Waals surface area contributed by atoms with Gasteiger partial charge in [0, 0.05) is 10.9 Å². The van der Waals surface area contributed by atoms with Crippen molar-refractivity contribution in [2.24, 2.45) is 4.99 Å². The van der Waals surface area contributed by atoms with E-state index in [1.54, 1.807) is 0 Å². The standard InChI is InChI=1S/C54H38N2O/c55-51-44-33-39(31-32-49(44)57-53(51)52(38-17-6-2-7-18-38)56-34-35-15-4-1-5-16-35)36-27-29-37(30-28-36)40-22-14-26-48-50(40)43-21-8-3-9-23-47(43)54(48)45-24-12-10-19-41(45)42-20-11-13-25-46(42)54/h1-22,24-33H,23,34,55H2/b56-52-. The number of benzene rings is 7. The molecule has 0 aliphatic heterocycles. The van der Waals surface area contributed by atoms with Gasteiger partial charge in [0.25, 0.3) is 0 Å². The molecule has 0 amide bonds. The normalized spacial score (nSPS) is 14.8. The van der Waals surface area contributed by atoms with Gasteiger partial charge in [-0.25, -0.2) is 0 Å². The highest BCUT2D eigenvalue weighted by Gasteiger charge is 2.52. The van der Waals surface area contributed by atoms with E-state index in [-0.39, 0.29) is 5.41 Å². The fourth-order valence-electron chi connectivity index (χ4n) is 9.58. The Morgan fingerprint density at radius 1 is 0.596 bits per heavy atom. The summed E-state index contributed by atoms with van der Waals surface area (Å²) >= 11 is 0. The Bertz CT molecular complexity index is 2950. The maximum atomic E-state index is 6.93. The molecule has 0 bridgehead atoms. The molecule has 0 saturated carbocycles. The number of allylic oxidation sites excluding steroid dienone is 6. The molecule has 0 unspecified atom stereocenters. The molecule has 1 spiro atoms. The zero-order chi connectivity index (χ0) is 37.9. The molecule has 0 fully saturated rings. The van der Waals surface area contributed by atoms with Gasteiger partial charge >= 0.3 is 0 Å². The second kappa shape index (κ2) is 13.2. The summed E-state index contributed by atoms with van der Waals surface area (Å²) in [7, 11) is 0. The van der Waals surface area contributed by atoms with Gasteiger partial charge < -0.3 is 10.2 Å². The Morgan fingerprint density at radius 3 is 1.98 bits per heavy atom. The van der Waals surface area contributed by atoms with Crippen molar-refractivity contribution in [1.82, 2.24) is 0 Å². The van der Waals surface area contributed by atoms with Gasteiger partial charge in [-0.3, -0.25) is 4.99 Å². The summed E-state index contributed by atoms with van der Waals surface area (Å²) in [6.07, 6.45) is 9.95. The fraction of sp³-hybridized carbons (Fsp3) is 0.0556. The van der Waals surface area contributed by atoms with Gasteiger partial charge in [0.1, 0.15) is 11.3 Å². The number of hydrogen-bond acceptors (Lipinski definition) is 3. The molecule has 0 atom stereocenters. The van der Waals surface area contributed by atoms with E-state index in [1.165, 1.54) is 55.7 Å². The number of rotatable bonds is 6. The van der Waals surface area contributed by atoms with Gasteiger partial charge in [0.2, 0.25) is 0 Å². The SMILES string of the molecule is Nc1c(/C(=N\Cc2ccccc2)c2ccccc2)oc2ccc(-c3ccc(-c4cccc5c4C4=C(CC=CC=C4)C54c5ccccc5-c5ccccc54)cc3)cc12. The molecule has 2 N–H and O–H groups in total. The van der Waals surface area contributed by atoms with E-state index in [0.717, 1.165) is 45.4 Å². The summed E-state index contributed by atoms with van der Waals surface area (Å²) in [5, 5.41) is 0.881. The second-order valence-corrected chi connectivity index (χ2v) is 15.1. The first-order chi connectivity index (χ1) is 28.2. The molecule has 3 aliphatic rings. The van der Waals surface area contributed by atoms with Gasteiger partial charge in [-0.15, -0.1) is 0 Å². The second-order valence-electron chi connectivity index (χ2n) is 15.1. The lowest BCUT2D eigenvalue weighted by molar-refractivity contribution is 0.606. The first-order valence-electron chi connectivity index (χ1n) is 19.7. The minimum absolute atomic E-state index is 0.335. The maximum Gasteiger partial charge on any atom is 0.176 e. The van der Waals surface area contributed by atoms with Crippen molar-refractivity contribution in [2.45, 2.75) is 18.4 Å². The third kappa shape index (κ3) is 5.09. The number of anilines is 1. The molecule has 3 aliphatic carbocycles. The lowest BCUT2D eigenvalue weighted by Gasteiger charge is -2.32. The molecule has 8 aromatic rings. The van der Waals surface area contributed by atoms with E-state index in [2.05, 4.69) is 152 Å². The molecule has 0 radical (unpaired) electrons. The largest absolute Gasteiger partial charge is 0.452 e. The molecule has 1 aromatic heterocycles. The molecular weight excluding hydrogens is 693 g/mol. The quantitative estimate of drug-likeness (QED) is 0.173. The van der Waals surface area contributed by atoms with Crippen LogP contribution in [0.5, 0.6) is 0 Å². The Labute approximate surface area is 332 Å². The van der Waals surface area contributed by atoms with Crippen molar-refractivity contribution >= 4 is 27.9 Å². The van der Waals surface area contributed by atoms with Crippen LogP contribution in [0.1, 0.15) is 45.6 Å². The summed E-state index contributed by atoms with van der Waals surface area (Å²) in [4.78, 5) is 5.04. The lowest BCUT2D eigenvalue weighted by atomic mass is 9.68. The average Bonchev–Trinajstić information content (AvgIpc) is 3.77. The van der Waals surface area contributed by atoms with Crippen LogP contribution in [0.3, 0.4) is 0 Å². The molecular formula is C54H38N2O. The van der Waals surface area contributed by atoms with Crippen LogP contribution in [0.4, 0.5) is 5.69 Å². The van der Waals surface area contributed by atoms with Crippen LogP contribution in [0.2, 0.25) is 0 Å². The smallest absolute Gasteiger partial charge is 0.176 e. The number of fused-ring (bicyclic) bond motifs is 10. The third-order valence-corrected chi connectivity index (χ3v) is 12.1. The van der Waals surface area contributed by atoms with E-state index < -0.39 is 0 Å². The van der Waals surface area contributed by atoms with Crippen molar-refractivity contribution in [3.8, 4) is 33.4 Å². The predicted molar refractivity (Wildman–Crippen MR) is 235 cm³/mol. The van der Waals surface area contributed by atoms with Crippen LogP contribution < -0.4 is 5.73 Å². The molecule has 270 valence electrons. The van der Waals surface area contributed by atoms with Crippen LogP contribution in [0, 0.1) is 0 Å². The van der Waals surface area contributed by atoms with Gasteiger partial charge in [0.15, 0.2) is 5.76 Å². The molecule has 3 heteroatoms. The summed E-state index contributed by atoms with van der Waals surface area (Å²) < 4.78 is 6.48. The monoisotopic (exact) mass is 730 g/mol. The maximum absolute atomic E-state index is 6.93. The van der Waals surface area contributed by atoms with Crippen LogP contribution in [-0.4, -0.2) is 5.71 Å². The highest BCUT2D eigenvalue weighted by molar-refractivity contribution is 6.17. The van der Waals surface area contributed by atoms with Gasteiger partial charge in [0.05, 0.1) is 17.6 Å². The van der Waals surface area contributed by atoms with Gasteiger partial charge in [-0.2, -0.15) is 0 Å². The minimum Gasteiger partial charge on any atom is -0.452 e. The van der Waals surface area contributed by atoms with Crippen LogP contribution in [0.25, 0.3) is 49.9 Å². The number of nitrogens with two attached hydrogens (primary N) is 1. The molecule has 0 saturated heterocycles. The van der Waals surface area contributed by atoms with Gasteiger partial charge in [-0.1, -0.05) is 182 Å². The Balaban J connectivity index is 0.991. The van der Waals surface area contributed by atoms with E-state index >= 15 is 0 Å². The first kappa shape index (κ1) is 33.1. The zero-order valence-corrected chi connectivity index (χ0v) is 31.3. The number of furan rings is 1. The van der Waals surface area contributed by atoms with E-state index in [1.807, 2.05) is 42.5 Å². The summed E-state index contributed by atoms with van der Waals surface area (Å²) in [6.45, 7) is 0.525. The van der Waals surface area contributed by atoms with E-state index in [0.29, 0.717) is 18.0 Å². The third-order valence-electron chi connectivity index (χ3n) is 12.1. The molecule has 7 aromatic carbocycles. The van der Waals surface area contributed by atoms with Crippen LogP contribution >= 0.6 is 0 Å². The molecule has 11 rings (SSSR count). The van der Waals surface area contributed by atoms with Crippen molar-refractivity contribution in [3.63, 3.8) is 0 Å². The lowest BCUT2D eigenvalue weighted by Crippen LogP contribution is -2.27. The van der Waals surface area contributed by atoms with Crippen molar-refractivity contribution in [3.05, 3.63) is 239 Å². The van der Waals surface area contributed by atoms with E-state index in [9.17, 15) is 0 Å². The average molecular weight is 731 g/mol. The highest BCUT2D eigenvalue weighted by atomic mass is 16.3. The summed E-state index contributed by atoms with van der Waals surface area (Å²) in [6, 6.07) is 60.6. The van der Waals surface area contributed by atoms with Crippen LogP contribution in [-0.2, 0) is 12.0 Å². The molecule has 3 nitrogen and oxygen atoms in total. The highest BCUT2D eigenvalue weighted by Crippen LogP contribution is 2.64. The Morgan fingerprint density at radius 2 is 1.23 bits per heavy atom. The van der Waals surface area contributed by atoms with Crippen molar-refractivity contribution in [1.29, 1.82) is 0 Å². The van der Waals surface area contributed by atoms with Gasteiger partial charge in [-0.05, 0) is 90.9 Å². The number of nitrogens with zero attached hydrogens (tertiary/aromatic N) is 1. The fourth-order valence-corrected chi connectivity index (χ4v) is 9.58. The topological polar surface area (TPSA) is 51.5 Å². The molecule has 57 heavy (non-hydrogen) atoms. The predicted octanol–water partition coefficient (Wildman–Crippen LogP) is 13.0. The Kier molecular flexibility index (Phi) is 7.68.